The summed E-state index contributed by atoms with van der Waals surface area (Å²) in [6.07, 6.45) is -14.8. The zero-order valence-corrected chi connectivity index (χ0v) is 23.0. The van der Waals surface area contributed by atoms with Crippen LogP contribution in [0.5, 0.6) is 28.7 Å². The van der Waals surface area contributed by atoms with Crippen LogP contribution in [0.15, 0.2) is 36.1 Å². The number of aliphatic hydroxyl groups excluding tert-OH is 6. The number of aliphatic hydroxyl groups is 6. The second-order valence-electron chi connectivity index (χ2n) is 10.5. The lowest BCUT2D eigenvalue weighted by molar-refractivity contribution is -0.324. The molecular formula is C28H34O15. The van der Waals surface area contributed by atoms with Crippen LogP contribution in [-0.4, -0.2) is 121 Å². The maximum atomic E-state index is 10.7. The Hall–Kier alpha value is -3.38. The number of rotatable bonds is 7. The number of benzene rings is 2. The van der Waals surface area contributed by atoms with Gasteiger partial charge in [-0.05, 0) is 25.1 Å². The predicted molar refractivity (Wildman–Crippen MR) is 142 cm³/mol. The normalized spacial score (nSPS) is 35.8. The quantitative estimate of drug-likeness (QED) is 0.182. The maximum absolute atomic E-state index is 10.7. The Labute approximate surface area is 244 Å². The first-order valence-corrected chi connectivity index (χ1v) is 13.4. The van der Waals surface area contributed by atoms with Gasteiger partial charge in [0.1, 0.15) is 65.7 Å². The number of ether oxygens (including phenoxy) is 6. The summed E-state index contributed by atoms with van der Waals surface area (Å²) in [4.78, 5) is 0. The summed E-state index contributed by atoms with van der Waals surface area (Å²) < 4.78 is 33.8. The third kappa shape index (κ3) is 6.04. The fraction of sp³-hybridized carbons (Fsp3) is 0.500. The Balaban J connectivity index is 1.40. The molecule has 2 saturated heterocycles. The van der Waals surface area contributed by atoms with Gasteiger partial charge in [-0.15, -0.1) is 0 Å². The largest absolute Gasteiger partial charge is 0.508 e. The van der Waals surface area contributed by atoms with Gasteiger partial charge >= 0.3 is 0 Å². The highest BCUT2D eigenvalue weighted by Gasteiger charge is 2.48. The number of aromatic hydroxyl groups is 3. The summed E-state index contributed by atoms with van der Waals surface area (Å²) in [5, 5.41) is 92.6. The smallest absolute Gasteiger partial charge is 0.228 e. The van der Waals surface area contributed by atoms with Crippen LogP contribution >= 0.6 is 0 Å². The van der Waals surface area contributed by atoms with E-state index in [0.717, 1.165) is 6.07 Å². The highest BCUT2D eigenvalue weighted by Crippen LogP contribution is 2.45. The second kappa shape index (κ2) is 12.3. The van der Waals surface area contributed by atoms with Crippen molar-refractivity contribution in [2.75, 3.05) is 13.7 Å². The van der Waals surface area contributed by atoms with Crippen LogP contribution in [0.4, 0.5) is 0 Å². The summed E-state index contributed by atoms with van der Waals surface area (Å²) in [5.74, 6) is -0.623. The molecule has 0 aromatic heterocycles. The molecule has 0 radical (unpaired) electrons. The Bertz CT molecular complexity index is 1330. The van der Waals surface area contributed by atoms with Crippen molar-refractivity contribution in [3.8, 4) is 28.7 Å². The van der Waals surface area contributed by atoms with Crippen LogP contribution in [-0.2, 0) is 18.9 Å². The van der Waals surface area contributed by atoms with Crippen molar-refractivity contribution in [3.05, 3.63) is 47.2 Å². The fourth-order valence-corrected chi connectivity index (χ4v) is 5.06. The monoisotopic (exact) mass is 610 g/mol. The first-order valence-electron chi connectivity index (χ1n) is 13.4. The van der Waals surface area contributed by atoms with Crippen LogP contribution in [0.3, 0.4) is 0 Å². The number of hydrogen-bond acceptors (Lipinski definition) is 15. The summed E-state index contributed by atoms with van der Waals surface area (Å²) in [6, 6.07) is 6.66. The molecule has 15 nitrogen and oxygen atoms in total. The molecule has 3 heterocycles. The molecule has 0 bridgehead atoms. The molecule has 3 aliphatic heterocycles. The predicted octanol–water partition coefficient (Wildman–Crippen LogP) is -1.05. The van der Waals surface area contributed by atoms with E-state index in [2.05, 4.69) is 0 Å². The van der Waals surface area contributed by atoms with Crippen LogP contribution in [0.2, 0.25) is 0 Å². The molecule has 0 aliphatic carbocycles. The van der Waals surface area contributed by atoms with Gasteiger partial charge in [-0.3, -0.25) is 0 Å². The van der Waals surface area contributed by atoms with Crippen molar-refractivity contribution < 1.29 is 74.4 Å². The van der Waals surface area contributed by atoms with Crippen molar-refractivity contribution in [1.29, 1.82) is 0 Å². The van der Waals surface area contributed by atoms with E-state index in [0.29, 0.717) is 5.56 Å². The van der Waals surface area contributed by atoms with Crippen LogP contribution in [0.25, 0.3) is 6.08 Å². The second-order valence-corrected chi connectivity index (χ2v) is 10.5. The molecule has 0 saturated carbocycles. The summed E-state index contributed by atoms with van der Waals surface area (Å²) >= 11 is 0. The van der Waals surface area contributed by atoms with Crippen LogP contribution < -0.4 is 9.47 Å². The molecule has 0 amide bonds. The van der Waals surface area contributed by atoms with Crippen molar-refractivity contribution in [2.45, 2.75) is 74.4 Å². The number of hydrogen-bond donors (Lipinski definition) is 9. The molecule has 1 unspecified atom stereocenters. The number of methoxy groups -OCH3 is 1. The zero-order chi connectivity index (χ0) is 31.2. The lowest BCUT2D eigenvalue weighted by Gasteiger charge is -2.43. The molecule has 2 aromatic rings. The molecule has 5 rings (SSSR count). The topological polar surface area (TPSA) is 237 Å². The lowest BCUT2D eigenvalue weighted by Crippen LogP contribution is -2.61. The van der Waals surface area contributed by atoms with E-state index in [1.54, 1.807) is 0 Å². The molecule has 2 aromatic carbocycles. The zero-order valence-electron chi connectivity index (χ0n) is 23.0. The molecule has 9 N–H and O–H groups in total. The Morgan fingerprint density at radius 2 is 1.47 bits per heavy atom. The van der Waals surface area contributed by atoms with E-state index in [4.69, 9.17) is 28.4 Å². The molecule has 43 heavy (non-hydrogen) atoms. The van der Waals surface area contributed by atoms with E-state index in [1.165, 1.54) is 44.4 Å². The Morgan fingerprint density at radius 3 is 2.19 bits per heavy atom. The standard InChI is InChI=1S/C28H34O15/c1-10-20(32)22(34)24(36)27(40-10)39-9-19-21(33)23(35)25(37)28(43-19)42-18-8-13-15(31)6-12(29)7-16(13)41-26(18)11-3-4-14(30)17(5-11)38-2/h3-8,10,19-37H,9H2,1-2H3/t10-,19-,20+,21-,22+,23-,24-,25+,26?,27-,28-/m1/s1. The van der Waals surface area contributed by atoms with E-state index >= 15 is 0 Å². The third-order valence-electron chi connectivity index (χ3n) is 7.56. The van der Waals surface area contributed by atoms with Gasteiger partial charge in [-0.2, -0.15) is 0 Å². The number of phenolic OH excluding ortho intramolecular Hbond substituents is 3. The first-order chi connectivity index (χ1) is 20.4. The average Bonchev–Trinajstić information content (AvgIpc) is 2.98. The average molecular weight is 611 g/mol. The summed E-state index contributed by atoms with van der Waals surface area (Å²) in [5.41, 5.74) is 0.511. The molecule has 11 atom stereocenters. The molecule has 3 aliphatic rings. The van der Waals surface area contributed by atoms with Crippen molar-refractivity contribution in [1.82, 2.24) is 0 Å². The van der Waals surface area contributed by atoms with Crippen LogP contribution in [0, 0.1) is 0 Å². The summed E-state index contributed by atoms with van der Waals surface area (Å²) in [7, 11) is 1.35. The van der Waals surface area contributed by atoms with Gasteiger partial charge in [0.05, 0.1) is 25.4 Å². The highest BCUT2D eigenvalue weighted by atomic mass is 16.7. The maximum Gasteiger partial charge on any atom is 0.228 e. The van der Waals surface area contributed by atoms with Gasteiger partial charge < -0.3 is 74.4 Å². The van der Waals surface area contributed by atoms with E-state index in [1.807, 2.05) is 0 Å². The molecule has 15 heteroatoms. The minimum atomic E-state index is -1.79. The van der Waals surface area contributed by atoms with Gasteiger partial charge in [-0.25, -0.2) is 0 Å². The molecular weight excluding hydrogens is 576 g/mol. The molecule has 2 fully saturated rings. The van der Waals surface area contributed by atoms with Crippen LogP contribution in [0.1, 0.15) is 24.2 Å². The highest BCUT2D eigenvalue weighted by molar-refractivity contribution is 5.69. The van der Waals surface area contributed by atoms with E-state index in [-0.39, 0.29) is 40.1 Å². The fourth-order valence-electron chi connectivity index (χ4n) is 5.06. The van der Waals surface area contributed by atoms with Gasteiger partial charge in [0.2, 0.25) is 6.29 Å². The Morgan fingerprint density at radius 1 is 0.767 bits per heavy atom. The molecule has 236 valence electrons. The van der Waals surface area contributed by atoms with E-state index < -0.39 is 74.1 Å². The van der Waals surface area contributed by atoms with Gasteiger partial charge in [0, 0.05) is 17.7 Å². The first kappa shape index (κ1) is 31.1. The summed E-state index contributed by atoms with van der Waals surface area (Å²) in [6.45, 7) is 0.961. The van der Waals surface area contributed by atoms with Crippen molar-refractivity contribution in [3.63, 3.8) is 0 Å². The van der Waals surface area contributed by atoms with E-state index in [9.17, 15) is 46.0 Å². The molecule has 0 spiro atoms. The van der Waals surface area contributed by atoms with Gasteiger partial charge in [-0.1, -0.05) is 6.07 Å². The van der Waals surface area contributed by atoms with Gasteiger partial charge in [0.25, 0.3) is 0 Å². The van der Waals surface area contributed by atoms with Crippen molar-refractivity contribution >= 4 is 6.08 Å². The van der Waals surface area contributed by atoms with Crippen molar-refractivity contribution in [2.24, 2.45) is 0 Å². The van der Waals surface area contributed by atoms with Gasteiger partial charge in [0.15, 0.2) is 23.9 Å². The minimum Gasteiger partial charge on any atom is -0.508 e. The third-order valence-corrected chi connectivity index (χ3v) is 7.56. The lowest BCUT2D eigenvalue weighted by atomic mass is 9.98. The number of phenols is 3. The minimum absolute atomic E-state index is 0.0366. The SMILES string of the molecule is COc1cc(C2Oc3cc(O)cc(O)c3C=C2O[C@@H]2O[C@H](CO[C@@H]3O[C@H](C)[C@H](O)[C@H](O)[C@H]3O)[C@@H](O)[C@@H](O)[C@@H]2O)ccc1O. The number of fused-ring (bicyclic) bond motifs is 1. The Kier molecular flexibility index (Phi) is 8.89.